The fraction of sp³-hybridized carbons (Fsp3) is 0.471. The number of nitrogens with zero attached hydrogens (tertiary/aromatic N) is 4. The van der Waals surface area contributed by atoms with Crippen LogP contribution >= 0.6 is 12.4 Å². The number of ether oxygens (including phenoxy) is 1. The van der Waals surface area contributed by atoms with Gasteiger partial charge >= 0.3 is 6.09 Å². The predicted octanol–water partition coefficient (Wildman–Crippen LogP) is 2.48. The number of nitrogens with one attached hydrogen (secondary N) is 1. The van der Waals surface area contributed by atoms with Gasteiger partial charge < -0.3 is 15.8 Å². The van der Waals surface area contributed by atoms with E-state index in [2.05, 4.69) is 25.3 Å². The minimum atomic E-state index is -2.17. The van der Waals surface area contributed by atoms with Gasteiger partial charge in [0.25, 0.3) is 0 Å². The van der Waals surface area contributed by atoms with Gasteiger partial charge in [-0.05, 0) is 45.7 Å². The van der Waals surface area contributed by atoms with Gasteiger partial charge in [0.2, 0.25) is 0 Å². The Hall–Kier alpha value is -2.32. The first-order chi connectivity index (χ1) is 13.1. The van der Waals surface area contributed by atoms with E-state index < -0.39 is 24.7 Å². The van der Waals surface area contributed by atoms with Crippen molar-refractivity contribution < 1.29 is 15.0 Å². The van der Waals surface area contributed by atoms with Crippen molar-refractivity contribution in [3.05, 3.63) is 47.6 Å². The van der Waals surface area contributed by atoms with Gasteiger partial charge in [0, 0.05) is 24.8 Å². The molecule has 9 heteroatoms. The molecule has 1 amide bonds. The molecular weight excluding hydrogens is 356 g/mol. The zero-order valence-corrected chi connectivity index (χ0v) is 16.2. The summed E-state index contributed by atoms with van der Waals surface area (Å²) in [5, 5.41) is 2.10. The summed E-state index contributed by atoms with van der Waals surface area (Å²) in [7, 11) is 0. The molecule has 0 saturated carbocycles. The minimum Gasteiger partial charge on any atom is -0.444 e. The number of nitrogens with two attached hydrogens (primary N) is 1. The maximum absolute atomic E-state index is 11.5. The van der Waals surface area contributed by atoms with Crippen molar-refractivity contribution in [2.24, 2.45) is 5.73 Å². The molecule has 2 heterocycles. The molecule has 0 aliphatic heterocycles. The Bertz CT molecular complexity index is 809. The lowest BCUT2D eigenvalue weighted by Crippen LogP contribution is -2.32. The largest absolute Gasteiger partial charge is 0.444 e. The number of carbonyl (C=O) groups is 1. The number of hydrogen-bond acceptors (Lipinski definition) is 7. The summed E-state index contributed by atoms with van der Waals surface area (Å²) in [5.74, 6) is -0.0953. The number of amides is 1. The van der Waals surface area contributed by atoms with Gasteiger partial charge in [0.15, 0.2) is 0 Å². The Morgan fingerprint density at radius 2 is 1.50 bits per heavy atom. The third-order valence-corrected chi connectivity index (χ3v) is 2.37. The zero-order valence-electron chi connectivity index (χ0n) is 19.4. The molecule has 0 radical (unpaired) electrons. The quantitative estimate of drug-likeness (QED) is 0.832. The third kappa shape index (κ3) is 10.5. The molecule has 2 rings (SSSR count). The number of aromatic nitrogens is 4. The van der Waals surface area contributed by atoms with Crippen LogP contribution in [0, 0.1) is 13.8 Å². The van der Waals surface area contributed by atoms with E-state index in [0.717, 1.165) is 11.1 Å². The molecule has 26 heavy (non-hydrogen) atoms. The van der Waals surface area contributed by atoms with Crippen molar-refractivity contribution in [1.29, 1.82) is 0 Å². The van der Waals surface area contributed by atoms with Crippen molar-refractivity contribution in [2.75, 3.05) is 0 Å². The van der Waals surface area contributed by atoms with E-state index in [9.17, 15) is 4.79 Å². The van der Waals surface area contributed by atoms with Crippen molar-refractivity contribution in [3.8, 4) is 0 Å². The molecule has 0 unspecified atom stereocenters. The van der Waals surface area contributed by atoms with Crippen molar-refractivity contribution >= 4 is 18.5 Å². The SMILES string of the molecule is Cl.[2H]C([2H])(N)c1ncc(C)cn1.[2H]C([2H])(NC(=O)OC(C)(C)C)c1ncc(C)cn1. The summed E-state index contributed by atoms with van der Waals surface area (Å²) in [6.45, 7) is 4.61. The standard InChI is InChI=1S/C11H17N3O2.C6H9N3.ClH/c1-8-5-12-9(13-6-8)7-14-10(15)16-11(2,3)4;1-5-3-8-6(2-7)9-4-5;/h5-6H,7H2,1-4H3,(H,14,15);3-4H,2,7H2,1H3;1H/i7D2;2D2;. The molecule has 0 saturated heterocycles. The van der Waals surface area contributed by atoms with E-state index in [0.29, 0.717) is 0 Å². The third-order valence-electron chi connectivity index (χ3n) is 2.37. The van der Waals surface area contributed by atoms with Crippen molar-refractivity contribution in [3.63, 3.8) is 0 Å². The maximum atomic E-state index is 11.5. The number of aryl methyl sites for hydroxylation is 2. The highest BCUT2D eigenvalue weighted by molar-refractivity contribution is 5.85. The summed E-state index contributed by atoms with van der Waals surface area (Å²) in [5.41, 5.74) is 6.13. The number of rotatable bonds is 3. The van der Waals surface area contributed by atoms with Gasteiger partial charge in [0.1, 0.15) is 17.2 Å². The Kier molecular flexibility index (Phi) is 7.45. The smallest absolute Gasteiger partial charge is 0.408 e. The van der Waals surface area contributed by atoms with Gasteiger partial charge in [-0.1, -0.05) is 0 Å². The lowest BCUT2D eigenvalue weighted by atomic mass is 10.2. The average molecular weight is 387 g/mol. The summed E-state index contributed by atoms with van der Waals surface area (Å²) in [4.78, 5) is 26.6. The van der Waals surface area contributed by atoms with E-state index in [1.807, 2.05) is 6.92 Å². The van der Waals surface area contributed by atoms with Crippen LogP contribution in [-0.4, -0.2) is 31.6 Å². The number of halogens is 1. The summed E-state index contributed by atoms with van der Waals surface area (Å²) in [6, 6.07) is 0. The van der Waals surface area contributed by atoms with Crippen LogP contribution in [0.3, 0.4) is 0 Å². The molecule has 0 atom stereocenters. The number of hydrogen-bond donors (Lipinski definition) is 2. The molecule has 0 aromatic carbocycles. The molecule has 0 bridgehead atoms. The van der Waals surface area contributed by atoms with Gasteiger partial charge in [0.05, 0.1) is 18.5 Å². The van der Waals surface area contributed by atoms with Gasteiger partial charge in [-0.2, -0.15) is 0 Å². The molecular formula is C17H27ClN6O2. The van der Waals surface area contributed by atoms with Crippen molar-refractivity contribution in [2.45, 2.75) is 53.2 Å². The molecule has 0 fully saturated rings. The van der Waals surface area contributed by atoms with E-state index in [1.165, 1.54) is 24.8 Å². The second-order valence-electron chi connectivity index (χ2n) is 6.06. The van der Waals surface area contributed by atoms with Crippen LogP contribution in [0.2, 0.25) is 0 Å². The van der Waals surface area contributed by atoms with E-state index in [-0.39, 0.29) is 24.1 Å². The van der Waals surface area contributed by atoms with Gasteiger partial charge in [-0.15, -0.1) is 12.4 Å². The molecule has 2 aromatic heterocycles. The molecule has 144 valence electrons. The second-order valence-corrected chi connectivity index (χ2v) is 6.06. The monoisotopic (exact) mass is 386 g/mol. The summed E-state index contributed by atoms with van der Waals surface area (Å²) >= 11 is 0. The lowest BCUT2D eigenvalue weighted by molar-refractivity contribution is 0.0522. The Labute approximate surface area is 166 Å². The minimum absolute atomic E-state index is 0. The molecule has 8 nitrogen and oxygen atoms in total. The molecule has 0 aliphatic carbocycles. The predicted molar refractivity (Wildman–Crippen MR) is 102 cm³/mol. The normalized spacial score (nSPS) is 13.5. The number of carbonyl (C=O) groups excluding carboxylic acids is 1. The van der Waals surface area contributed by atoms with Crippen LogP contribution < -0.4 is 11.1 Å². The van der Waals surface area contributed by atoms with E-state index >= 15 is 0 Å². The van der Waals surface area contributed by atoms with Crippen LogP contribution in [0.4, 0.5) is 4.79 Å². The fourth-order valence-electron chi connectivity index (χ4n) is 1.33. The van der Waals surface area contributed by atoms with E-state index in [1.54, 1.807) is 27.7 Å². The lowest BCUT2D eigenvalue weighted by Gasteiger charge is -2.19. The molecule has 0 aliphatic rings. The number of alkyl carbamates (subject to hydrolysis) is 1. The topological polar surface area (TPSA) is 116 Å². The first-order valence-corrected chi connectivity index (χ1v) is 7.48. The average Bonchev–Trinajstić information content (AvgIpc) is 2.53. The van der Waals surface area contributed by atoms with Crippen LogP contribution in [0.1, 0.15) is 49.0 Å². The van der Waals surface area contributed by atoms with E-state index in [4.69, 9.17) is 16.0 Å². The molecule has 2 aromatic rings. The highest BCUT2D eigenvalue weighted by Crippen LogP contribution is 2.06. The summed E-state index contributed by atoms with van der Waals surface area (Å²) in [6.07, 6.45) is 5.19. The fourth-order valence-corrected chi connectivity index (χ4v) is 1.33. The second kappa shape index (κ2) is 11.3. The summed E-state index contributed by atoms with van der Waals surface area (Å²) < 4.78 is 34.5. The Morgan fingerprint density at radius 3 is 1.88 bits per heavy atom. The van der Waals surface area contributed by atoms with Crippen LogP contribution in [0.5, 0.6) is 0 Å². The molecule has 0 spiro atoms. The zero-order chi connectivity index (χ0) is 22.5. The highest BCUT2D eigenvalue weighted by atomic mass is 35.5. The first kappa shape index (κ1) is 17.1. The van der Waals surface area contributed by atoms with Crippen LogP contribution in [-0.2, 0) is 17.7 Å². The van der Waals surface area contributed by atoms with Crippen LogP contribution in [0.15, 0.2) is 24.8 Å². The molecule has 3 N–H and O–H groups in total. The maximum Gasteiger partial charge on any atom is 0.408 e. The Morgan fingerprint density at radius 1 is 1.08 bits per heavy atom. The van der Waals surface area contributed by atoms with Crippen LogP contribution in [0.25, 0.3) is 0 Å². The van der Waals surface area contributed by atoms with Crippen molar-refractivity contribution in [1.82, 2.24) is 25.3 Å². The highest BCUT2D eigenvalue weighted by Gasteiger charge is 2.15. The Balaban J connectivity index is 0.000000603. The first-order valence-electron chi connectivity index (χ1n) is 9.48. The van der Waals surface area contributed by atoms with Gasteiger partial charge in [-0.3, -0.25) is 0 Å². The van der Waals surface area contributed by atoms with Gasteiger partial charge in [-0.25, -0.2) is 24.7 Å².